The fraction of sp³-hybridized carbons (Fsp3) is 0.500. The van der Waals surface area contributed by atoms with Crippen LogP contribution in [-0.2, 0) is 0 Å². The molecule has 1 aromatic carbocycles. The third-order valence-corrected chi connectivity index (χ3v) is 3.80. The van der Waals surface area contributed by atoms with Gasteiger partial charge >= 0.3 is 0 Å². The average molecular weight is 262 g/mol. The van der Waals surface area contributed by atoms with Crippen LogP contribution in [-0.4, -0.2) is 37.0 Å². The predicted molar refractivity (Wildman–Crippen MR) is 78.1 cm³/mol. The molecule has 1 fully saturated rings. The number of nitrogens with two attached hydrogens (primary N) is 2. The molecule has 1 heterocycles. The minimum absolute atomic E-state index is 0.452. The maximum atomic E-state index is 11.4. The summed E-state index contributed by atoms with van der Waals surface area (Å²) in [5.41, 5.74) is 13.0. The lowest BCUT2D eigenvalue weighted by Gasteiger charge is -2.33. The van der Waals surface area contributed by atoms with E-state index in [2.05, 4.69) is 17.3 Å². The molecule has 1 aromatic rings. The molecule has 5 N–H and O–H groups in total. The number of para-hydroxylation sites is 1. The number of likely N-dealkylation sites (tertiary alicyclic amines) is 1. The minimum Gasteiger partial charge on any atom is -0.397 e. The molecule has 1 unspecified atom stereocenters. The largest absolute Gasteiger partial charge is 0.397 e. The van der Waals surface area contributed by atoms with Crippen molar-refractivity contribution in [1.82, 2.24) is 4.90 Å². The van der Waals surface area contributed by atoms with Gasteiger partial charge in [0, 0.05) is 12.6 Å². The fourth-order valence-corrected chi connectivity index (χ4v) is 2.59. The third kappa shape index (κ3) is 3.17. The molecule has 104 valence electrons. The van der Waals surface area contributed by atoms with E-state index in [1.807, 2.05) is 0 Å². The van der Waals surface area contributed by atoms with Gasteiger partial charge in [-0.15, -0.1) is 0 Å². The van der Waals surface area contributed by atoms with Gasteiger partial charge in [0.05, 0.1) is 16.9 Å². The van der Waals surface area contributed by atoms with Crippen LogP contribution in [0.4, 0.5) is 11.4 Å². The topological polar surface area (TPSA) is 84.4 Å². The van der Waals surface area contributed by atoms with Crippen molar-refractivity contribution in [3.63, 3.8) is 0 Å². The summed E-state index contributed by atoms with van der Waals surface area (Å²) in [4.78, 5) is 13.8. The van der Waals surface area contributed by atoms with Crippen molar-refractivity contribution in [3.8, 4) is 0 Å². The molecule has 0 spiro atoms. The molecule has 1 saturated heterocycles. The standard InChI is InChI=1S/C14H22N4O/c1-18-8-3-2-5-10(18)9-17-13-11(14(16)19)6-4-7-12(13)15/h4,6-7,10,17H,2-3,5,8-9,15H2,1H3,(H2,16,19). The summed E-state index contributed by atoms with van der Waals surface area (Å²) in [7, 11) is 2.13. The highest BCUT2D eigenvalue weighted by Gasteiger charge is 2.19. The molecule has 0 radical (unpaired) electrons. The van der Waals surface area contributed by atoms with Crippen molar-refractivity contribution in [2.24, 2.45) is 5.73 Å². The Kier molecular flexibility index (Phi) is 4.27. The average Bonchev–Trinajstić information content (AvgIpc) is 2.38. The SMILES string of the molecule is CN1CCCCC1CNc1c(N)cccc1C(N)=O. The first kappa shape index (κ1) is 13.7. The molecule has 0 aliphatic carbocycles. The molecule has 1 aliphatic heterocycles. The second-order valence-electron chi connectivity index (χ2n) is 5.15. The van der Waals surface area contributed by atoms with E-state index in [9.17, 15) is 4.79 Å². The number of hydrogen-bond acceptors (Lipinski definition) is 4. The van der Waals surface area contributed by atoms with Crippen LogP contribution < -0.4 is 16.8 Å². The van der Waals surface area contributed by atoms with Gasteiger partial charge in [0.2, 0.25) is 0 Å². The van der Waals surface area contributed by atoms with E-state index in [0.717, 1.165) is 13.1 Å². The lowest BCUT2D eigenvalue weighted by molar-refractivity contribution is 0.100. The van der Waals surface area contributed by atoms with Crippen LogP contribution in [0.3, 0.4) is 0 Å². The van der Waals surface area contributed by atoms with Crippen LogP contribution in [0.15, 0.2) is 18.2 Å². The molecular weight excluding hydrogens is 240 g/mol. The summed E-state index contributed by atoms with van der Waals surface area (Å²) in [6.45, 7) is 1.91. The van der Waals surface area contributed by atoms with Gasteiger partial charge in [-0.1, -0.05) is 12.5 Å². The number of primary amides is 1. The Hall–Kier alpha value is -1.75. The molecule has 0 saturated carbocycles. The van der Waals surface area contributed by atoms with E-state index in [0.29, 0.717) is 23.0 Å². The second-order valence-corrected chi connectivity index (χ2v) is 5.15. The Morgan fingerprint density at radius 3 is 2.95 bits per heavy atom. The van der Waals surface area contributed by atoms with Crippen LogP contribution >= 0.6 is 0 Å². The highest BCUT2D eigenvalue weighted by Crippen LogP contribution is 2.24. The zero-order valence-electron chi connectivity index (χ0n) is 11.4. The number of nitrogens with zero attached hydrogens (tertiary/aromatic N) is 1. The highest BCUT2D eigenvalue weighted by molar-refractivity contribution is 6.01. The normalized spacial score (nSPS) is 20.2. The number of hydrogen-bond donors (Lipinski definition) is 3. The zero-order chi connectivity index (χ0) is 13.8. The number of rotatable bonds is 4. The van der Waals surface area contributed by atoms with Crippen LogP contribution in [0.2, 0.25) is 0 Å². The van der Waals surface area contributed by atoms with Gasteiger partial charge < -0.3 is 21.7 Å². The Morgan fingerprint density at radius 1 is 1.47 bits per heavy atom. The number of carbonyl (C=O) groups excluding carboxylic acids is 1. The quantitative estimate of drug-likeness (QED) is 0.713. The fourth-order valence-electron chi connectivity index (χ4n) is 2.59. The van der Waals surface area contributed by atoms with Crippen molar-refractivity contribution >= 4 is 17.3 Å². The molecule has 0 aromatic heterocycles. The lowest BCUT2D eigenvalue weighted by Crippen LogP contribution is -2.41. The number of anilines is 2. The molecule has 0 bridgehead atoms. The van der Waals surface area contributed by atoms with E-state index in [1.54, 1.807) is 18.2 Å². The van der Waals surface area contributed by atoms with Crippen LogP contribution in [0.1, 0.15) is 29.6 Å². The summed E-state index contributed by atoms with van der Waals surface area (Å²) in [5, 5.41) is 3.30. The summed E-state index contributed by atoms with van der Waals surface area (Å²) in [6, 6.07) is 5.70. The van der Waals surface area contributed by atoms with Crippen molar-refractivity contribution < 1.29 is 4.79 Å². The molecule has 2 rings (SSSR count). The van der Waals surface area contributed by atoms with E-state index < -0.39 is 5.91 Å². The van der Waals surface area contributed by atoms with E-state index in [-0.39, 0.29) is 0 Å². The van der Waals surface area contributed by atoms with Crippen molar-refractivity contribution in [2.45, 2.75) is 25.3 Å². The summed E-state index contributed by atoms with van der Waals surface area (Å²) >= 11 is 0. The van der Waals surface area contributed by atoms with E-state index in [1.165, 1.54) is 19.3 Å². The van der Waals surface area contributed by atoms with Crippen LogP contribution in [0, 0.1) is 0 Å². The summed E-state index contributed by atoms with van der Waals surface area (Å²) in [6.07, 6.45) is 3.68. The van der Waals surface area contributed by atoms with Crippen LogP contribution in [0.25, 0.3) is 0 Å². The minimum atomic E-state index is -0.452. The molecule has 19 heavy (non-hydrogen) atoms. The van der Waals surface area contributed by atoms with Gasteiger partial charge in [0.15, 0.2) is 0 Å². The maximum Gasteiger partial charge on any atom is 0.250 e. The van der Waals surface area contributed by atoms with E-state index >= 15 is 0 Å². The van der Waals surface area contributed by atoms with Gasteiger partial charge in [-0.05, 0) is 38.6 Å². The number of amides is 1. The number of nitrogen functional groups attached to an aromatic ring is 1. The molecule has 5 heteroatoms. The number of likely N-dealkylation sites (N-methyl/N-ethyl adjacent to an activating group) is 1. The van der Waals surface area contributed by atoms with E-state index in [4.69, 9.17) is 11.5 Å². The Balaban J connectivity index is 2.08. The number of carbonyl (C=O) groups is 1. The Morgan fingerprint density at radius 2 is 2.26 bits per heavy atom. The zero-order valence-corrected chi connectivity index (χ0v) is 11.4. The molecule has 5 nitrogen and oxygen atoms in total. The van der Waals surface area contributed by atoms with Gasteiger partial charge in [-0.3, -0.25) is 4.79 Å². The first-order valence-corrected chi connectivity index (χ1v) is 6.72. The second kappa shape index (κ2) is 5.93. The lowest BCUT2D eigenvalue weighted by atomic mass is 10.0. The molecule has 1 amide bonds. The van der Waals surface area contributed by atoms with Gasteiger partial charge in [-0.25, -0.2) is 0 Å². The number of nitrogens with one attached hydrogen (secondary N) is 1. The van der Waals surface area contributed by atoms with Gasteiger partial charge in [0.1, 0.15) is 0 Å². The number of benzene rings is 1. The smallest absolute Gasteiger partial charge is 0.250 e. The maximum absolute atomic E-state index is 11.4. The summed E-state index contributed by atoms with van der Waals surface area (Å²) < 4.78 is 0. The Labute approximate surface area is 113 Å². The van der Waals surface area contributed by atoms with Gasteiger partial charge in [-0.2, -0.15) is 0 Å². The molecule has 1 atom stereocenters. The molecule has 1 aliphatic rings. The third-order valence-electron chi connectivity index (χ3n) is 3.80. The monoisotopic (exact) mass is 262 g/mol. The Bertz CT molecular complexity index is 461. The van der Waals surface area contributed by atoms with Crippen molar-refractivity contribution in [3.05, 3.63) is 23.8 Å². The van der Waals surface area contributed by atoms with Crippen LogP contribution in [0.5, 0.6) is 0 Å². The number of piperidine rings is 1. The highest BCUT2D eigenvalue weighted by atomic mass is 16.1. The van der Waals surface area contributed by atoms with Crippen molar-refractivity contribution in [2.75, 3.05) is 31.2 Å². The summed E-state index contributed by atoms with van der Waals surface area (Å²) in [5.74, 6) is -0.452. The first-order chi connectivity index (χ1) is 9.09. The van der Waals surface area contributed by atoms with Crippen molar-refractivity contribution in [1.29, 1.82) is 0 Å². The van der Waals surface area contributed by atoms with Gasteiger partial charge in [0.25, 0.3) is 5.91 Å². The first-order valence-electron chi connectivity index (χ1n) is 6.72. The molecular formula is C14H22N4O. The predicted octanol–water partition coefficient (Wildman–Crippen LogP) is 1.26.